The molecule has 1 heterocycles. The third-order valence-corrected chi connectivity index (χ3v) is 6.75. The first-order chi connectivity index (χ1) is 12.7. The molecule has 1 aliphatic rings. The molecule has 0 bridgehead atoms. The smallest absolute Gasteiger partial charge is 0.105 e. The van der Waals surface area contributed by atoms with Gasteiger partial charge in [-0.1, -0.05) is 61.4 Å². The zero-order valence-electron chi connectivity index (χ0n) is 15.6. The molecule has 1 saturated carbocycles. The van der Waals surface area contributed by atoms with Gasteiger partial charge in [0.05, 0.1) is 5.52 Å². The molecule has 1 aliphatic carbocycles. The van der Waals surface area contributed by atoms with E-state index in [1.807, 2.05) is 11.8 Å². The van der Waals surface area contributed by atoms with Crippen molar-refractivity contribution in [2.24, 2.45) is 0 Å². The van der Waals surface area contributed by atoms with Gasteiger partial charge in [0.25, 0.3) is 0 Å². The van der Waals surface area contributed by atoms with Gasteiger partial charge in [0, 0.05) is 22.2 Å². The topological polar surface area (TPSA) is 16.1 Å². The van der Waals surface area contributed by atoms with E-state index in [9.17, 15) is 0 Å². The number of para-hydroxylation sites is 1. The molecule has 3 heteroatoms. The van der Waals surface area contributed by atoms with Crippen LogP contribution in [-0.4, -0.2) is 35.3 Å². The van der Waals surface area contributed by atoms with E-state index in [0.717, 1.165) is 5.52 Å². The fourth-order valence-electron chi connectivity index (χ4n) is 3.96. The second-order valence-corrected chi connectivity index (χ2v) is 8.60. The molecule has 0 saturated heterocycles. The van der Waals surface area contributed by atoms with Crippen molar-refractivity contribution < 1.29 is 0 Å². The van der Waals surface area contributed by atoms with Crippen LogP contribution in [0.2, 0.25) is 0 Å². The van der Waals surface area contributed by atoms with Crippen LogP contribution in [0.15, 0.2) is 65.7 Å². The first kappa shape index (κ1) is 17.6. The lowest BCUT2D eigenvalue weighted by molar-refractivity contribution is 0.236. The highest BCUT2D eigenvalue weighted by Crippen LogP contribution is 2.40. The summed E-state index contributed by atoms with van der Waals surface area (Å²) in [7, 11) is 4.44. The maximum atomic E-state index is 5.08. The predicted octanol–water partition coefficient (Wildman–Crippen LogP) is 5.87. The molecule has 2 aromatic carbocycles. The average Bonchev–Trinajstić information content (AvgIpc) is 2.68. The summed E-state index contributed by atoms with van der Waals surface area (Å²) in [6.45, 7) is 0. The summed E-state index contributed by atoms with van der Waals surface area (Å²) in [5, 5.41) is 2.99. The minimum atomic E-state index is 0.606. The fraction of sp³-hybridized carbons (Fsp3) is 0.348. The molecule has 0 aliphatic heterocycles. The van der Waals surface area contributed by atoms with Crippen LogP contribution in [0.25, 0.3) is 22.0 Å². The molecule has 0 spiro atoms. The summed E-state index contributed by atoms with van der Waals surface area (Å²) in [5.41, 5.74) is 3.61. The second-order valence-electron chi connectivity index (χ2n) is 7.37. The van der Waals surface area contributed by atoms with Gasteiger partial charge in [-0.2, -0.15) is 0 Å². The number of hydrogen-bond donors (Lipinski definition) is 0. The maximum Gasteiger partial charge on any atom is 0.105 e. The fourth-order valence-corrected chi connectivity index (χ4v) is 5.52. The molecule has 26 heavy (non-hydrogen) atoms. The Kier molecular flexibility index (Phi) is 5.28. The van der Waals surface area contributed by atoms with Crippen LogP contribution in [0.4, 0.5) is 0 Å². The Morgan fingerprint density at radius 1 is 0.923 bits per heavy atom. The van der Waals surface area contributed by atoms with Crippen molar-refractivity contribution in [2.45, 2.75) is 42.0 Å². The number of hydrogen-bond acceptors (Lipinski definition) is 3. The van der Waals surface area contributed by atoms with Gasteiger partial charge in [0.1, 0.15) is 5.03 Å². The van der Waals surface area contributed by atoms with Crippen molar-refractivity contribution >= 4 is 22.7 Å². The lowest BCUT2D eigenvalue weighted by Gasteiger charge is -2.35. The SMILES string of the molecule is CN(C)C1CCCCC1Sc1nc2ccccc2cc1-c1ccccc1. The van der Waals surface area contributed by atoms with Crippen LogP contribution in [0.5, 0.6) is 0 Å². The highest BCUT2D eigenvalue weighted by molar-refractivity contribution is 8.00. The van der Waals surface area contributed by atoms with Crippen LogP contribution in [0.3, 0.4) is 0 Å². The van der Waals surface area contributed by atoms with Gasteiger partial charge in [-0.3, -0.25) is 0 Å². The number of fused-ring (bicyclic) bond motifs is 1. The van der Waals surface area contributed by atoms with Crippen LogP contribution >= 0.6 is 11.8 Å². The summed E-state index contributed by atoms with van der Waals surface area (Å²) in [5.74, 6) is 0. The number of thioether (sulfide) groups is 1. The Labute approximate surface area is 160 Å². The van der Waals surface area contributed by atoms with Gasteiger partial charge >= 0.3 is 0 Å². The third-order valence-electron chi connectivity index (χ3n) is 5.37. The summed E-state index contributed by atoms with van der Waals surface area (Å²) < 4.78 is 0. The first-order valence-corrected chi connectivity index (χ1v) is 10.4. The molecule has 2 atom stereocenters. The molecule has 0 N–H and O–H groups in total. The van der Waals surface area contributed by atoms with Gasteiger partial charge < -0.3 is 4.90 Å². The Morgan fingerprint density at radius 2 is 1.65 bits per heavy atom. The quantitative estimate of drug-likeness (QED) is 0.578. The summed E-state index contributed by atoms with van der Waals surface area (Å²) in [4.78, 5) is 7.49. The summed E-state index contributed by atoms with van der Waals surface area (Å²) in [6, 6.07) is 22.1. The summed E-state index contributed by atoms with van der Waals surface area (Å²) in [6.07, 6.45) is 5.24. The molecule has 134 valence electrons. The van der Waals surface area contributed by atoms with Crippen molar-refractivity contribution in [3.63, 3.8) is 0 Å². The van der Waals surface area contributed by atoms with Crippen molar-refractivity contribution in [2.75, 3.05) is 14.1 Å². The van der Waals surface area contributed by atoms with Crippen molar-refractivity contribution in [1.29, 1.82) is 0 Å². The van der Waals surface area contributed by atoms with Crippen molar-refractivity contribution in [1.82, 2.24) is 9.88 Å². The van der Waals surface area contributed by atoms with Crippen LogP contribution in [-0.2, 0) is 0 Å². The highest BCUT2D eigenvalue weighted by Gasteiger charge is 2.28. The Bertz CT molecular complexity index is 876. The average molecular weight is 363 g/mol. The number of aromatic nitrogens is 1. The molecule has 2 unspecified atom stereocenters. The standard InChI is InChI=1S/C23H26N2S/c1-25(2)21-14-8-9-15-22(21)26-23-19(17-10-4-3-5-11-17)16-18-12-6-7-13-20(18)24-23/h3-7,10-13,16,21-22H,8-9,14-15H2,1-2H3. The molecule has 3 aromatic rings. The minimum Gasteiger partial charge on any atom is -0.305 e. The normalized spacial score (nSPS) is 20.6. The third kappa shape index (κ3) is 3.65. The van der Waals surface area contributed by atoms with Gasteiger partial charge in [0.2, 0.25) is 0 Å². The molecule has 0 radical (unpaired) electrons. The van der Waals surface area contributed by atoms with E-state index >= 15 is 0 Å². The number of pyridine rings is 1. The van der Waals surface area contributed by atoms with Crippen LogP contribution < -0.4 is 0 Å². The number of nitrogens with zero attached hydrogens (tertiary/aromatic N) is 2. The lowest BCUT2D eigenvalue weighted by Crippen LogP contribution is -2.39. The van der Waals surface area contributed by atoms with E-state index in [4.69, 9.17) is 4.98 Å². The Morgan fingerprint density at radius 3 is 2.46 bits per heavy atom. The van der Waals surface area contributed by atoms with E-state index in [2.05, 4.69) is 79.7 Å². The van der Waals surface area contributed by atoms with Gasteiger partial charge in [0.15, 0.2) is 0 Å². The molecule has 1 fully saturated rings. The van der Waals surface area contributed by atoms with E-state index in [-0.39, 0.29) is 0 Å². The molecular formula is C23H26N2S. The van der Waals surface area contributed by atoms with E-state index in [1.54, 1.807) is 0 Å². The Balaban J connectivity index is 1.77. The summed E-state index contributed by atoms with van der Waals surface area (Å²) >= 11 is 1.98. The first-order valence-electron chi connectivity index (χ1n) is 9.50. The maximum absolute atomic E-state index is 5.08. The monoisotopic (exact) mass is 362 g/mol. The molecule has 4 rings (SSSR count). The molecular weight excluding hydrogens is 336 g/mol. The number of benzene rings is 2. The number of rotatable bonds is 4. The lowest BCUT2D eigenvalue weighted by atomic mass is 9.94. The molecule has 2 nitrogen and oxygen atoms in total. The largest absolute Gasteiger partial charge is 0.305 e. The van der Waals surface area contributed by atoms with Gasteiger partial charge in [-0.25, -0.2) is 4.98 Å². The zero-order chi connectivity index (χ0) is 17.9. The van der Waals surface area contributed by atoms with Crippen LogP contribution in [0, 0.1) is 0 Å². The molecule has 1 aromatic heterocycles. The Hall–Kier alpha value is -1.84. The van der Waals surface area contributed by atoms with Gasteiger partial charge in [-0.15, -0.1) is 11.8 Å². The second kappa shape index (κ2) is 7.81. The van der Waals surface area contributed by atoms with Gasteiger partial charge in [-0.05, 0) is 44.6 Å². The zero-order valence-corrected chi connectivity index (χ0v) is 16.4. The van der Waals surface area contributed by atoms with E-state index in [0.29, 0.717) is 11.3 Å². The molecule has 0 amide bonds. The van der Waals surface area contributed by atoms with Crippen molar-refractivity contribution in [3.8, 4) is 11.1 Å². The highest BCUT2D eigenvalue weighted by atomic mass is 32.2. The van der Waals surface area contributed by atoms with E-state index < -0.39 is 0 Å². The van der Waals surface area contributed by atoms with Crippen molar-refractivity contribution in [3.05, 3.63) is 60.7 Å². The predicted molar refractivity (Wildman–Crippen MR) is 113 cm³/mol. The van der Waals surface area contributed by atoms with Crippen LogP contribution in [0.1, 0.15) is 25.7 Å². The van der Waals surface area contributed by atoms with E-state index in [1.165, 1.54) is 47.2 Å². The minimum absolute atomic E-state index is 0.606.